The van der Waals surface area contributed by atoms with Gasteiger partial charge in [-0.05, 0) is 35.7 Å². The van der Waals surface area contributed by atoms with Crippen LogP contribution in [0, 0.1) is 10.1 Å². The predicted molar refractivity (Wildman–Crippen MR) is 80.2 cm³/mol. The molecule has 2 aromatic rings. The topological polar surface area (TPSA) is 43.1 Å². The molecule has 0 amide bonds. The zero-order chi connectivity index (χ0) is 13.8. The zero-order valence-corrected chi connectivity index (χ0v) is 12.2. The third-order valence-corrected chi connectivity index (χ3v) is 3.75. The van der Waals surface area contributed by atoms with E-state index in [1.807, 2.05) is 24.3 Å². The molecular weight excluding hydrogens is 306 g/mol. The number of nitrogens with zero attached hydrogens (tertiary/aromatic N) is 1. The fraction of sp³-hybridized carbons (Fsp3) is 0.200. The smallest absolute Gasteiger partial charge is 0.258 e. The Morgan fingerprint density at radius 2 is 1.95 bits per heavy atom. The van der Waals surface area contributed by atoms with Crippen molar-refractivity contribution in [2.45, 2.75) is 19.8 Å². The van der Waals surface area contributed by atoms with Crippen LogP contribution in [0.4, 0.5) is 5.69 Å². The molecular formula is C15H14BrNO2. The highest BCUT2D eigenvalue weighted by Crippen LogP contribution is 2.32. The van der Waals surface area contributed by atoms with Crippen molar-refractivity contribution in [3.05, 3.63) is 62.6 Å². The van der Waals surface area contributed by atoms with E-state index in [2.05, 4.69) is 22.9 Å². The fourth-order valence-electron chi connectivity index (χ4n) is 2.08. The quantitative estimate of drug-likeness (QED) is 0.589. The lowest BCUT2D eigenvalue weighted by atomic mass is 10.00. The molecule has 0 bridgehead atoms. The fourth-order valence-corrected chi connectivity index (χ4v) is 2.53. The lowest BCUT2D eigenvalue weighted by molar-refractivity contribution is -0.384. The van der Waals surface area contributed by atoms with Crippen molar-refractivity contribution in [3.8, 4) is 11.1 Å². The number of para-hydroxylation sites is 1. The van der Waals surface area contributed by atoms with Gasteiger partial charge in [0.1, 0.15) is 0 Å². The summed E-state index contributed by atoms with van der Waals surface area (Å²) in [5, 5.41) is 11.1. The maximum absolute atomic E-state index is 11.1. The molecule has 0 radical (unpaired) electrons. The molecule has 2 rings (SSSR count). The van der Waals surface area contributed by atoms with Crippen molar-refractivity contribution in [2.24, 2.45) is 0 Å². The highest BCUT2D eigenvalue weighted by atomic mass is 79.9. The number of nitro benzene ring substituents is 1. The molecule has 0 spiro atoms. The van der Waals surface area contributed by atoms with Crippen molar-refractivity contribution in [3.63, 3.8) is 0 Å². The summed E-state index contributed by atoms with van der Waals surface area (Å²) in [5.41, 5.74) is 2.88. The highest BCUT2D eigenvalue weighted by molar-refractivity contribution is 9.10. The largest absolute Gasteiger partial charge is 0.277 e. The molecule has 0 fully saturated rings. The average molecular weight is 320 g/mol. The Morgan fingerprint density at radius 1 is 1.21 bits per heavy atom. The van der Waals surface area contributed by atoms with E-state index < -0.39 is 0 Å². The first kappa shape index (κ1) is 13.7. The number of hydrogen-bond donors (Lipinski definition) is 0. The van der Waals surface area contributed by atoms with E-state index in [0.29, 0.717) is 5.56 Å². The van der Waals surface area contributed by atoms with Gasteiger partial charge in [-0.15, -0.1) is 0 Å². The van der Waals surface area contributed by atoms with Crippen molar-refractivity contribution in [1.29, 1.82) is 0 Å². The molecule has 0 N–H and O–H groups in total. The van der Waals surface area contributed by atoms with Gasteiger partial charge in [-0.3, -0.25) is 10.1 Å². The van der Waals surface area contributed by atoms with Gasteiger partial charge in [0.05, 0.1) is 10.5 Å². The molecule has 0 atom stereocenters. The van der Waals surface area contributed by atoms with E-state index in [1.165, 1.54) is 11.6 Å². The standard InChI is InChI=1S/C15H14BrNO2/c1-2-5-12-10-11(8-9-14(12)16)13-6-3-4-7-15(13)17(18)19/h3-4,6-10H,2,5H2,1H3. The monoisotopic (exact) mass is 319 g/mol. The van der Waals surface area contributed by atoms with Crippen LogP contribution in [-0.2, 0) is 6.42 Å². The summed E-state index contributed by atoms with van der Waals surface area (Å²) in [6.45, 7) is 2.12. The van der Waals surface area contributed by atoms with Gasteiger partial charge in [0.2, 0.25) is 0 Å². The van der Waals surface area contributed by atoms with E-state index in [1.54, 1.807) is 12.1 Å². The predicted octanol–water partition coefficient (Wildman–Crippen LogP) is 4.98. The normalized spacial score (nSPS) is 10.4. The number of aryl methyl sites for hydroxylation is 1. The van der Waals surface area contributed by atoms with Crippen LogP contribution in [0.5, 0.6) is 0 Å². The van der Waals surface area contributed by atoms with Crippen LogP contribution in [0.25, 0.3) is 11.1 Å². The lowest BCUT2D eigenvalue weighted by Crippen LogP contribution is -1.93. The molecule has 2 aromatic carbocycles. The van der Waals surface area contributed by atoms with Crippen LogP contribution in [0.1, 0.15) is 18.9 Å². The van der Waals surface area contributed by atoms with Crippen molar-refractivity contribution in [2.75, 3.05) is 0 Å². The first-order valence-corrected chi connectivity index (χ1v) is 6.95. The van der Waals surface area contributed by atoms with E-state index in [4.69, 9.17) is 0 Å². The second-order valence-electron chi connectivity index (χ2n) is 4.33. The first-order valence-electron chi connectivity index (χ1n) is 6.15. The van der Waals surface area contributed by atoms with Crippen LogP contribution in [0.15, 0.2) is 46.9 Å². The number of benzene rings is 2. The van der Waals surface area contributed by atoms with Crippen molar-refractivity contribution in [1.82, 2.24) is 0 Å². The molecule has 19 heavy (non-hydrogen) atoms. The molecule has 0 heterocycles. The average Bonchev–Trinajstić information content (AvgIpc) is 2.41. The Kier molecular flexibility index (Phi) is 4.32. The van der Waals surface area contributed by atoms with E-state index in [0.717, 1.165) is 22.9 Å². The minimum Gasteiger partial charge on any atom is -0.258 e. The highest BCUT2D eigenvalue weighted by Gasteiger charge is 2.14. The van der Waals surface area contributed by atoms with Crippen LogP contribution in [0.3, 0.4) is 0 Å². The Balaban J connectivity index is 2.53. The molecule has 98 valence electrons. The second-order valence-corrected chi connectivity index (χ2v) is 5.18. The Labute approximate surface area is 120 Å². The summed E-state index contributed by atoms with van der Waals surface area (Å²) < 4.78 is 1.05. The zero-order valence-electron chi connectivity index (χ0n) is 10.6. The number of rotatable bonds is 4. The number of nitro groups is 1. The summed E-state index contributed by atoms with van der Waals surface area (Å²) >= 11 is 3.52. The maximum Gasteiger partial charge on any atom is 0.277 e. The summed E-state index contributed by atoms with van der Waals surface area (Å²) in [6.07, 6.45) is 1.99. The van der Waals surface area contributed by atoms with Gasteiger partial charge >= 0.3 is 0 Å². The van der Waals surface area contributed by atoms with Gasteiger partial charge in [-0.1, -0.05) is 47.5 Å². The molecule has 0 aliphatic carbocycles. The Hall–Kier alpha value is -1.68. The van der Waals surface area contributed by atoms with Gasteiger partial charge in [-0.25, -0.2) is 0 Å². The van der Waals surface area contributed by atoms with Gasteiger partial charge < -0.3 is 0 Å². The van der Waals surface area contributed by atoms with E-state index >= 15 is 0 Å². The Morgan fingerprint density at radius 3 is 2.63 bits per heavy atom. The first-order chi connectivity index (χ1) is 9.13. The minimum atomic E-state index is -0.336. The number of hydrogen-bond acceptors (Lipinski definition) is 2. The molecule has 0 aliphatic heterocycles. The van der Waals surface area contributed by atoms with Crippen LogP contribution in [-0.4, -0.2) is 4.92 Å². The van der Waals surface area contributed by atoms with Gasteiger partial charge in [0.25, 0.3) is 5.69 Å². The lowest BCUT2D eigenvalue weighted by Gasteiger charge is -2.08. The summed E-state index contributed by atoms with van der Waals surface area (Å²) in [4.78, 5) is 10.7. The summed E-state index contributed by atoms with van der Waals surface area (Å²) in [6, 6.07) is 12.7. The van der Waals surface area contributed by atoms with Gasteiger partial charge in [0.15, 0.2) is 0 Å². The Bertz CT molecular complexity index is 611. The summed E-state index contributed by atoms with van der Waals surface area (Å²) in [7, 11) is 0. The van der Waals surface area contributed by atoms with Crippen molar-refractivity contribution < 1.29 is 4.92 Å². The van der Waals surface area contributed by atoms with Crippen molar-refractivity contribution >= 4 is 21.6 Å². The molecule has 0 aromatic heterocycles. The molecule has 0 aliphatic rings. The molecule has 0 unspecified atom stereocenters. The minimum absolute atomic E-state index is 0.146. The molecule has 3 nitrogen and oxygen atoms in total. The van der Waals surface area contributed by atoms with Crippen LogP contribution in [0.2, 0.25) is 0 Å². The SMILES string of the molecule is CCCc1cc(-c2ccccc2[N+](=O)[O-])ccc1Br. The summed E-state index contributed by atoms with van der Waals surface area (Å²) in [5.74, 6) is 0. The maximum atomic E-state index is 11.1. The third-order valence-electron chi connectivity index (χ3n) is 2.98. The van der Waals surface area contributed by atoms with Gasteiger partial charge in [0, 0.05) is 10.5 Å². The molecule has 0 saturated carbocycles. The molecule has 4 heteroatoms. The second kappa shape index (κ2) is 5.97. The van der Waals surface area contributed by atoms with Crippen LogP contribution >= 0.6 is 15.9 Å². The van der Waals surface area contributed by atoms with Gasteiger partial charge in [-0.2, -0.15) is 0 Å². The third kappa shape index (κ3) is 3.01. The van der Waals surface area contributed by atoms with Crippen LogP contribution < -0.4 is 0 Å². The number of halogens is 1. The van der Waals surface area contributed by atoms with E-state index in [-0.39, 0.29) is 10.6 Å². The molecule has 0 saturated heterocycles. The van der Waals surface area contributed by atoms with E-state index in [9.17, 15) is 10.1 Å².